The molecule has 6 heteroatoms. The van der Waals surface area contributed by atoms with Gasteiger partial charge in [-0.3, -0.25) is 9.69 Å². The molecule has 4 heterocycles. The number of H-pyrrole nitrogens is 1. The van der Waals surface area contributed by atoms with Crippen LogP contribution in [0.15, 0.2) is 18.2 Å². The number of benzene rings is 1. The number of aromatic nitrogens is 1. The van der Waals surface area contributed by atoms with Gasteiger partial charge in [0.25, 0.3) is 0 Å². The second kappa shape index (κ2) is 5.97. The number of methoxy groups -OCH3 is 1. The number of hydrogen-bond donors (Lipinski definition) is 3. The summed E-state index contributed by atoms with van der Waals surface area (Å²) in [5.41, 5.74) is 8.60. The van der Waals surface area contributed by atoms with Gasteiger partial charge in [0.2, 0.25) is 5.91 Å². The van der Waals surface area contributed by atoms with Crippen LogP contribution in [0.1, 0.15) is 30.5 Å². The van der Waals surface area contributed by atoms with Gasteiger partial charge in [0, 0.05) is 49.4 Å². The second-order valence-electron chi connectivity index (χ2n) is 8.58. The second-order valence-corrected chi connectivity index (χ2v) is 8.58. The number of piperidine rings is 2. The molecule has 2 aromatic rings. The fourth-order valence-corrected chi connectivity index (χ4v) is 6.34. The highest BCUT2D eigenvalue weighted by molar-refractivity contribution is 5.93. The van der Waals surface area contributed by atoms with Crippen molar-refractivity contribution in [3.05, 3.63) is 29.5 Å². The number of fused-ring (bicyclic) bond motifs is 4. The zero-order chi connectivity index (χ0) is 18.8. The number of nitrogens with two attached hydrogens (primary N) is 1. The molecule has 4 aliphatic rings. The van der Waals surface area contributed by atoms with Gasteiger partial charge in [0.05, 0.1) is 0 Å². The average molecular weight is 369 g/mol. The van der Waals surface area contributed by atoms with Crippen molar-refractivity contribution in [3.63, 3.8) is 0 Å². The summed E-state index contributed by atoms with van der Waals surface area (Å²) in [6.45, 7) is 2.69. The van der Waals surface area contributed by atoms with Crippen molar-refractivity contribution < 1.29 is 14.6 Å². The van der Waals surface area contributed by atoms with E-state index in [9.17, 15) is 9.90 Å². The molecule has 6 nitrogen and oxygen atoms in total. The Morgan fingerprint density at radius 1 is 1.48 bits per heavy atom. The molecule has 3 fully saturated rings. The predicted octanol–water partition coefficient (Wildman–Crippen LogP) is 1.90. The van der Waals surface area contributed by atoms with Gasteiger partial charge in [-0.15, -0.1) is 0 Å². The van der Waals surface area contributed by atoms with Crippen LogP contribution in [0.5, 0.6) is 5.75 Å². The maximum absolute atomic E-state index is 13.1. The molecular formula is C21H27N3O3. The largest absolute Gasteiger partial charge is 0.508 e. The third-order valence-corrected chi connectivity index (χ3v) is 7.20. The van der Waals surface area contributed by atoms with Crippen LogP contribution >= 0.6 is 0 Å². The molecule has 1 amide bonds. The summed E-state index contributed by atoms with van der Waals surface area (Å²) in [6.07, 6.45) is 3.79. The first-order valence-corrected chi connectivity index (χ1v) is 9.91. The predicted molar refractivity (Wildman–Crippen MR) is 103 cm³/mol. The summed E-state index contributed by atoms with van der Waals surface area (Å²) in [7, 11) is 1.74. The molecule has 144 valence electrons. The highest BCUT2D eigenvalue weighted by Gasteiger charge is 2.61. The number of phenols is 1. The molecule has 0 spiro atoms. The first-order valence-electron chi connectivity index (χ1n) is 9.91. The van der Waals surface area contributed by atoms with Crippen LogP contribution < -0.4 is 5.73 Å². The van der Waals surface area contributed by atoms with Crippen LogP contribution in [0.2, 0.25) is 0 Å². The number of aromatic amines is 1. The Morgan fingerprint density at radius 2 is 2.33 bits per heavy atom. The number of carbonyl (C=O) groups excluding carboxylic acids is 1. The Hall–Kier alpha value is -2.05. The molecule has 3 aliphatic heterocycles. The molecule has 0 radical (unpaired) electrons. The summed E-state index contributed by atoms with van der Waals surface area (Å²) < 4.78 is 5.36. The fourth-order valence-electron chi connectivity index (χ4n) is 6.34. The van der Waals surface area contributed by atoms with Gasteiger partial charge in [0.15, 0.2) is 0 Å². The molecule has 2 saturated heterocycles. The molecule has 1 saturated carbocycles. The van der Waals surface area contributed by atoms with Crippen LogP contribution in [0.3, 0.4) is 0 Å². The summed E-state index contributed by atoms with van der Waals surface area (Å²) in [5.74, 6) is 0.929. The standard InChI is InChI=1S/C21H27N3O3/c1-27-7-5-13-8-12-10-21(20(22)26)18-15(4-6-24(11-12)19(13)21)16-9-14(25)2-3-17(16)23-18/h2-3,9,12-13,19,23,25H,4-8,10-11H2,1H3,(H2,22,26). The van der Waals surface area contributed by atoms with Crippen molar-refractivity contribution in [1.29, 1.82) is 0 Å². The van der Waals surface area contributed by atoms with Crippen molar-refractivity contribution in [2.75, 3.05) is 26.8 Å². The van der Waals surface area contributed by atoms with Gasteiger partial charge >= 0.3 is 0 Å². The molecule has 1 aromatic carbocycles. The number of ether oxygens (including phenoxy) is 1. The van der Waals surface area contributed by atoms with Crippen LogP contribution in [0.4, 0.5) is 0 Å². The lowest BCUT2D eigenvalue weighted by atomic mass is 9.56. The molecule has 6 rings (SSSR count). The quantitative estimate of drug-likeness (QED) is 0.768. The van der Waals surface area contributed by atoms with E-state index < -0.39 is 5.41 Å². The zero-order valence-corrected chi connectivity index (χ0v) is 15.7. The summed E-state index contributed by atoms with van der Waals surface area (Å²) in [5, 5.41) is 11.0. The number of nitrogens with one attached hydrogen (secondary N) is 1. The van der Waals surface area contributed by atoms with Gasteiger partial charge in [0.1, 0.15) is 11.2 Å². The molecule has 1 aromatic heterocycles. The smallest absolute Gasteiger partial charge is 0.231 e. The third-order valence-electron chi connectivity index (χ3n) is 7.20. The van der Waals surface area contributed by atoms with Crippen LogP contribution in [0.25, 0.3) is 10.9 Å². The van der Waals surface area contributed by atoms with E-state index in [4.69, 9.17) is 10.5 Å². The van der Waals surface area contributed by atoms with E-state index in [1.807, 2.05) is 12.1 Å². The summed E-state index contributed by atoms with van der Waals surface area (Å²) in [6, 6.07) is 5.52. The first kappa shape index (κ1) is 17.1. The Balaban J connectivity index is 1.72. The van der Waals surface area contributed by atoms with E-state index in [2.05, 4.69) is 9.88 Å². The van der Waals surface area contributed by atoms with Gasteiger partial charge in [-0.1, -0.05) is 0 Å². The Kier molecular flexibility index (Phi) is 3.78. The molecule has 5 unspecified atom stereocenters. The Morgan fingerprint density at radius 3 is 3.11 bits per heavy atom. The van der Waals surface area contributed by atoms with Crippen molar-refractivity contribution in [2.45, 2.75) is 37.1 Å². The lowest BCUT2D eigenvalue weighted by Crippen LogP contribution is -2.68. The third kappa shape index (κ3) is 2.29. The monoisotopic (exact) mass is 369 g/mol. The first-order chi connectivity index (χ1) is 13.0. The SMILES string of the molecule is COCCC1CC2CN3CCc4c([nH]c5ccc(O)cc45)C(C(N)=O)(C2)C13. The van der Waals surface area contributed by atoms with Crippen molar-refractivity contribution in [2.24, 2.45) is 17.6 Å². The number of phenolic OH excluding ortho intramolecular Hbond substituents is 1. The van der Waals surface area contributed by atoms with Crippen molar-refractivity contribution in [1.82, 2.24) is 9.88 Å². The van der Waals surface area contributed by atoms with Crippen LogP contribution in [-0.4, -0.2) is 53.7 Å². The lowest BCUT2D eigenvalue weighted by molar-refractivity contribution is -0.138. The van der Waals surface area contributed by atoms with Crippen LogP contribution in [-0.2, 0) is 21.4 Å². The fraction of sp³-hybridized carbons (Fsp3) is 0.571. The van der Waals surface area contributed by atoms with E-state index in [0.717, 1.165) is 60.9 Å². The topological polar surface area (TPSA) is 91.6 Å². The molecule has 4 N–H and O–H groups in total. The van der Waals surface area contributed by atoms with Gasteiger partial charge in [-0.25, -0.2) is 0 Å². The number of aromatic hydroxyl groups is 1. The Labute approximate surface area is 158 Å². The average Bonchev–Trinajstić information content (AvgIpc) is 2.97. The lowest BCUT2D eigenvalue weighted by Gasteiger charge is -2.58. The van der Waals surface area contributed by atoms with Crippen molar-refractivity contribution >= 4 is 16.8 Å². The highest BCUT2D eigenvalue weighted by Crippen LogP contribution is 2.54. The number of primary amides is 1. The van der Waals surface area contributed by atoms with Crippen LogP contribution in [0, 0.1) is 11.8 Å². The molecule has 27 heavy (non-hydrogen) atoms. The minimum absolute atomic E-state index is 0.123. The number of amides is 1. The number of carbonyl (C=O) groups is 1. The summed E-state index contributed by atoms with van der Waals surface area (Å²) >= 11 is 0. The minimum atomic E-state index is -0.681. The number of hydrogen-bond acceptors (Lipinski definition) is 4. The van der Waals surface area contributed by atoms with Crippen molar-refractivity contribution in [3.8, 4) is 5.75 Å². The van der Waals surface area contributed by atoms with E-state index in [1.165, 1.54) is 0 Å². The highest BCUT2D eigenvalue weighted by atomic mass is 16.5. The molecular weight excluding hydrogens is 342 g/mol. The molecule has 4 bridgehead atoms. The summed E-state index contributed by atoms with van der Waals surface area (Å²) in [4.78, 5) is 19.1. The van der Waals surface area contributed by atoms with E-state index >= 15 is 0 Å². The number of rotatable bonds is 4. The maximum atomic E-state index is 13.1. The number of nitrogens with zero attached hydrogens (tertiary/aromatic N) is 1. The van der Waals surface area contributed by atoms with Gasteiger partial charge < -0.3 is 20.6 Å². The minimum Gasteiger partial charge on any atom is -0.508 e. The maximum Gasteiger partial charge on any atom is 0.231 e. The van der Waals surface area contributed by atoms with E-state index in [-0.39, 0.29) is 17.7 Å². The van der Waals surface area contributed by atoms with Gasteiger partial charge in [-0.05, 0) is 61.3 Å². The van der Waals surface area contributed by atoms with E-state index in [1.54, 1.807) is 13.2 Å². The molecule has 1 aliphatic carbocycles. The Bertz CT molecular complexity index is 907. The zero-order valence-electron chi connectivity index (χ0n) is 15.7. The normalized spacial score (nSPS) is 34.4. The molecule has 5 atom stereocenters. The van der Waals surface area contributed by atoms with Gasteiger partial charge in [-0.2, -0.15) is 0 Å². The van der Waals surface area contributed by atoms with E-state index in [0.29, 0.717) is 18.4 Å².